The van der Waals surface area contributed by atoms with Gasteiger partial charge in [0.15, 0.2) is 0 Å². The second-order valence-corrected chi connectivity index (χ2v) is 3.35. The van der Waals surface area contributed by atoms with E-state index in [1.165, 1.54) is 11.1 Å². The van der Waals surface area contributed by atoms with Crippen LogP contribution in [0.15, 0.2) is 11.8 Å². The largest absolute Gasteiger partial charge is 0.361 e. The minimum atomic E-state index is 0.740. The molecule has 1 aromatic rings. The van der Waals surface area contributed by atoms with Gasteiger partial charge in [0.2, 0.25) is 0 Å². The molecule has 74 valence electrons. The molecule has 1 heterocycles. The van der Waals surface area contributed by atoms with Gasteiger partial charge in [-0.1, -0.05) is 13.8 Å². The molecule has 0 bridgehead atoms. The van der Waals surface area contributed by atoms with Gasteiger partial charge in [-0.05, 0) is 37.0 Å². The molecule has 0 aliphatic rings. The van der Waals surface area contributed by atoms with Gasteiger partial charge in [0, 0.05) is 17.5 Å². The lowest BCUT2D eigenvalue weighted by Gasteiger charge is -1.99. The number of aromatic nitrogens is 1. The zero-order valence-electron chi connectivity index (χ0n) is 9.02. The number of rotatable bonds is 3. The minimum Gasteiger partial charge on any atom is -0.361 e. The molecule has 0 amide bonds. The Bertz CT molecular complexity index is 378. The SMILES string of the molecule is CCc1c[nH]c(/C=C(/C)C#N)c1CC. The maximum absolute atomic E-state index is 8.69. The molecule has 1 N–H and O–H groups in total. The average molecular weight is 188 g/mol. The predicted molar refractivity (Wildman–Crippen MR) is 58.8 cm³/mol. The van der Waals surface area contributed by atoms with Crippen LogP contribution in [0.1, 0.15) is 37.6 Å². The third-order valence-electron chi connectivity index (χ3n) is 2.39. The van der Waals surface area contributed by atoms with Gasteiger partial charge in [-0.25, -0.2) is 0 Å². The van der Waals surface area contributed by atoms with Crippen molar-refractivity contribution in [3.63, 3.8) is 0 Å². The number of hydrogen-bond acceptors (Lipinski definition) is 1. The standard InChI is InChI=1S/C12H16N2/c1-4-10-8-14-12(11(10)5-2)6-9(3)7-13/h6,8,14H,4-5H2,1-3H3/b9-6-. The summed E-state index contributed by atoms with van der Waals surface area (Å²) in [7, 11) is 0. The van der Waals surface area contributed by atoms with Gasteiger partial charge in [0.05, 0.1) is 6.07 Å². The fourth-order valence-corrected chi connectivity index (χ4v) is 1.62. The molecule has 0 fully saturated rings. The average Bonchev–Trinajstić information content (AvgIpc) is 2.59. The predicted octanol–water partition coefficient (Wildman–Crippen LogP) is 3.07. The molecule has 14 heavy (non-hydrogen) atoms. The van der Waals surface area contributed by atoms with E-state index < -0.39 is 0 Å². The molecule has 0 saturated heterocycles. The summed E-state index contributed by atoms with van der Waals surface area (Å²) < 4.78 is 0. The first-order chi connectivity index (χ1) is 6.72. The Kier molecular flexibility index (Phi) is 3.53. The van der Waals surface area contributed by atoms with Crippen LogP contribution in [0.25, 0.3) is 6.08 Å². The summed E-state index contributed by atoms with van der Waals surface area (Å²) in [4.78, 5) is 3.21. The van der Waals surface area contributed by atoms with Crippen LogP contribution in [0.2, 0.25) is 0 Å². The fraction of sp³-hybridized carbons (Fsp3) is 0.417. The molecule has 0 aromatic carbocycles. The van der Waals surface area contributed by atoms with E-state index in [2.05, 4.69) is 24.9 Å². The highest BCUT2D eigenvalue weighted by atomic mass is 14.7. The third-order valence-corrected chi connectivity index (χ3v) is 2.39. The van der Waals surface area contributed by atoms with E-state index in [9.17, 15) is 0 Å². The lowest BCUT2D eigenvalue weighted by molar-refractivity contribution is 1.05. The first-order valence-corrected chi connectivity index (χ1v) is 5.00. The van der Waals surface area contributed by atoms with E-state index >= 15 is 0 Å². The number of aromatic amines is 1. The summed E-state index contributed by atoms with van der Waals surface area (Å²) in [5.41, 5.74) is 4.51. The molecule has 0 unspecified atom stereocenters. The molecule has 1 aromatic heterocycles. The van der Waals surface area contributed by atoms with Gasteiger partial charge < -0.3 is 4.98 Å². The van der Waals surface area contributed by atoms with Crippen LogP contribution in [0.4, 0.5) is 0 Å². The number of nitriles is 1. The number of H-pyrrole nitrogens is 1. The lowest BCUT2D eigenvalue weighted by Crippen LogP contribution is -1.87. The Morgan fingerprint density at radius 1 is 1.50 bits per heavy atom. The lowest BCUT2D eigenvalue weighted by atomic mass is 10.1. The number of allylic oxidation sites excluding steroid dienone is 1. The van der Waals surface area contributed by atoms with E-state index in [4.69, 9.17) is 5.26 Å². The van der Waals surface area contributed by atoms with Crippen molar-refractivity contribution in [3.05, 3.63) is 28.6 Å². The Labute approximate surface area is 85.3 Å². The molecule has 1 rings (SSSR count). The Morgan fingerprint density at radius 3 is 2.71 bits per heavy atom. The zero-order valence-corrected chi connectivity index (χ0v) is 9.02. The number of hydrogen-bond donors (Lipinski definition) is 1. The molecule has 0 aliphatic heterocycles. The fourth-order valence-electron chi connectivity index (χ4n) is 1.62. The van der Waals surface area contributed by atoms with Gasteiger partial charge in [0.1, 0.15) is 0 Å². The molecular formula is C12H16N2. The Hall–Kier alpha value is -1.49. The van der Waals surface area contributed by atoms with Crippen LogP contribution < -0.4 is 0 Å². The molecule has 0 spiro atoms. The smallest absolute Gasteiger partial charge is 0.0944 e. The van der Waals surface area contributed by atoms with E-state index in [1.807, 2.05) is 19.2 Å². The Balaban J connectivity index is 3.11. The minimum absolute atomic E-state index is 0.740. The number of aryl methyl sites for hydroxylation is 1. The van der Waals surface area contributed by atoms with E-state index in [1.54, 1.807) is 0 Å². The van der Waals surface area contributed by atoms with Gasteiger partial charge in [-0.15, -0.1) is 0 Å². The van der Waals surface area contributed by atoms with Crippen LogP contribution in [-0.4, -0.2) is 4.98 Å². The maximum atomic E-state index is 8.69. The highest BCUT2D eigenvalue weighted by Gasteiger charge is 2.05. The van der Waals surface area contributed by atoms with Crippen molar-refractivity contribution < 1.29 is 0 Å². The molecular weight excluding hydrogens is 172 g/mol. The van der Waals surface area contributed by atoms with Crippen molar-refractivity contribution in [1.29, 1.82) is 5.26 Å². The molecule has 0 saturated carbocycles. The Morgan fingerprint density at radius 2 is 2.21 bits per heavy atom. The van der Waals surface area contributed by atoms with Gasteiger partial charge >= 0.3 is 0 Å². The van der Waals surface area contributed by atoms with Crippen molar-refractivity contribution in [1.82, 2.24) is 4.98 Å². The summed E-state index contributed by atoms with van der Waals surface area (Å²) in [5, 5.41) is 8.69. The molecule has 0 radical (unpaired) electrons. The van der Waals surface area contributed by atoms with Crippen molar-refractivity contribution in [2.45, 2.75) is 33.6 Å². The second kappa shape index (κ2) is 4.66. The topological polar surface area (TPSA) is 39.6 Å². The molecule has 2 nitrogen and oxygen atoms in total. The normalized spacial score (nSPS) is 11.4. The van der Waals surface area contributed by atoms with Crippen LogP contribution in [0.3, 0.4) is 0 Å². The summed E-state index contributed by atoms with van der Waals surface area (Å²) in [6.07, 6.45) is 6.00. The number of nitrogens with one attached hydrogen (secondary N) is 1. The van der Waals surface area contributed by atoms with E-state index in [0.717, 1.165) is 24.1 Å². The zero-order chi connectivity index (χ0) is 10.6. The highest BCUT2D eigenvalue weighted by molar-refractivity contribution is 5.58. The number of nitrogens with zero attached hydrogens (tertiary/aromatic N) is 1. The van der Waals surface area contributed by atoms with Crippen LogP contribution in [-0.2, 0) is 12.8 Å². The van der Waals surface area contributed by atoms with E-state index in [-0.39, 0.29) is 0 Å². The van der Waals surface area contributed by atoms with Crippen molar-refractivity contribution >= 4 is 6.08 Å². The maximum Gasteiger partial charge on any atom is 0.0944 e. The van der Waals surface area contributed by atoms with Gasteiger partial charge in [0.25, 0.3) is 0 Å². The summed E-state index contributed by atoms with van der Waals surface area (Å²) in [6.45, 7) is 6.11. The van der Waals surface area contributed by atoms with Crippen molar-refractivity contribution in [2.75, 3.05) is 0 Å². The van der Waals surface area contributed by atoms with Crippen LogP contribution >= 0.6 is 0 Å². The molecule has 0 aliphatic carbocycles. The highest BCUT2D eigenvalue weighted by Crippen LogP contribution is 2.18. The van der Waals surface area contributed by atoms with Crippen LogP contribution in [0.5, 0.6) is 0 Å². The molecule has 2 heteroatoms. The van der Waals surface area contributed by atoms with Crippen molar-refractivity contribution in [2.24, 2.45) is 0 Å². The summed E-state index contributed by atoms with van der Waals surface area (Å²) in [5.74, 6) is 0. The second-order valence-electron chi connectivity index (χ2n) is 3.35. The summed E-state index contributed by atoms with van der Waals surface area (Å²) >= 11 is 0. The first-order valence-electron chi connectivity index (χ1n) is 5.00. The van der Waals surface area contributed by atoms with Gasteiger partial charge in [-0.3, -0.25) is 0 Å². The van der Waals surface area contributed by atoms with Gasteiger partial charge in [-0.2, -0.15) is 5.26 Å². The van der Waals surface area contributed by atoms with E-state index in [0.29, 0.717) is 0 Å². The third kappa shape index (κ3) is 2.05. The molecule has 0 atom stereocenters. The van der Waals surface area contributed by atoms with Crippen LogP contribution in [0, 0.1) is 11.3 Å². The summed E-state index contributed by atoms with van der Waals surface area (Å²) in [6, 6.07) is 2.13. The monoisotopic (exact) mass is 188 g/mol. The quantitative estimate of drug-likeness (QED) is 0.727. The first kappa shape index (κ1) is 10.6. The van der Waals surface area contributed by atoms with Crippen molar-refractivity contribution in [3.8, 4) is 6.07 Å².